The zero-order chi connectivity index (χ0) is 17.9. The van der Waals surface area contributed by atoms with E-state index >= 15 is 0 Å². The molecule has 0 amide bonds. The van der Waals surface area contributed by atoms with Gasteiger partial charge in [-0.25, -0.2) is 0 Å². The van der Waals surface area contributed by atoms with Crippen LogP contribution >= 0.6 is 0 Å². The van der Waals surface area contributed by atoms with Gasteiger partial charge in [0.1, 0.15) is 13.2 Å². The molecule has 0 aromatic heterocycles. The highest BCUT2D eigenvalue weighted by Crippen LogP contribution is 2.23. The molecule has 0 heterocycles. The van der Waals surface area contributed by atoms with Gasteiger partial charge in [0.2, 0.25) is 0 Å². The van der Waals surface area contributed by atoms with Gasteiger partial charge in [-0.3, -0.25) is 9.59 Å². The second-order valence-corrected chi connectivity index (χ2v) is 6.11. The van der Waals surface area contributed by atoms with Crippen molar-refractivity contribution in [3.8, 4) is 0 Å². The van der Waals surface area contributed by atoms with Crippen LogP contribution in [0.1, 0.15) is 52.9 Å². The smallest absolute Gasteiger partial charge is 0.305 e. The van der Waals surface area contributed by atoms with E-state index < -0.39 is 29.6 Å². The van der Waals surface area contributed by atoms with Gasteiger partial charge in [-0.1, -0.05) is 6.92 Å². The summed E-state index contributed by atoms with van der Waals surface area (Å²) in [6.45, 7) is 4.60. The molecule has 2 atom stereocenters. The number of rotatable bonds is 12. The molecule has 23 heavy (non-hydrogen) atoms. The van der Waals surface area contributed by atoms with E-state index in [1.807, 2.05) is 6.92 Å². The monoisotopic (exact) mass is 334 g/mol. The minimum absolute atomic E-state index is 0.0532. The summed E-state index contributed by atoms with van der Waals surface area (Å²) >= 11 is 0. The van der Waals surface area contributed by atoms with Crippen molar-refractivity contribution in [3.05, 3.63) is 0 Å². The molecule has 0 aromatic rings. The van der Waals surface area contributed by atoms with Gasteiger partial charge in [0.05, 0.1) is 24.2 Å². The first-order valence-corrected chi connectivity index (χ1v) is 8.03. The predicted octanol–water partition coefficient (Wildman–Crippen LogP) is 0.783. The molecule has 0 saturated carbocycles. The van der Waals surface area contributed by atoms with Crippen LogP contribution in [-0.2, 0) is 19.1 Å². The Morgan fingerprint density at radius 2 is 1.35 bits per heavy atom. The van der Waals surface area contributed by atoms with Crippen LogP contribution in [0.3, 0.4) is 0 Å². The van der Waals surface area contributed by atoms with Gasteiger partial charge in [0.25, 0.3) is 0 Å². The third-order valence-corrected chi connectivity index (χ3v) is 3.70. The van der Waals surface area contributed by atoms with Crippen LogP contribution in [0.4, 0.5) is 0 Å². The Morgan fingerprint density at radius 1 is 0.957 bits per heavy atom. The zero-order valence-corrected chi connectivity index (χ0v) is 14.3. The molecular weight excluding hydrogens is 304 g/mol. The number of esters is 2. The fourth-order valence-corrected chi connectivity index (χ4v) is 1.71. The van der Waals surface area contributed by atoms with Crippen LogP contribution in [0.25, 0.3) is 0 Å². The van der Waals surface area contributed by atoms with Crippen molar-refractivity contribution in [1.82, 2.24) is 0 Å². The van der Waals surface area contributed by atoms with E-state index in [1.165, 1.54) is 0 Å². The van der Waals surface area contributed by atoms with Gasteiger partial charge < -0.3 is 24.8 Å². The minimum Gasteiger partial charge on any atom is -0.465 e. The zero-order valence-electron chi connectivity index (χ0n) is 14.3. The Bertz CT molecular complexity index is 318. The van der Waals surface area contributed by atoms with Crippen molar-refractivity contribution in [2.75, 3.05) is 19.8 Å². The van der Waals surface area contributed by atoms with Gasteiger partial charge in [0, 0.05) is 12.8 Å². The lowest BCUT2D eigenvalue weighted by Crippen LogP contribution is -2.37. The van der Waals surface area contributed by atoms with E-state index in [2.05, 4.69) is 0 Å². The summed E-state index contributed by atoms with van der Waals surface area (Å²) < 4.78 is 10.3. The van der Waals surface area contributed by atoms with E-state index in [0.717, 1.165) is 0 Å². The van der Waals surface area contributed by atoms with Crippen molar-refractivity contribution in [3.63, 3.8) is 0 Å². The molecule has 3 N–H and O–H groups in total. The summed E-state index contributed by atoms with van der Waals surface area (Å²) in [5.41, 5.74) is -0.832. The number of aliphatic hydroxyl groups excluding tert-OH is 3. The van der Waals surface area contributed by atoms with Crippen molar-refractivity contribution in [2.24, 2.45) is 5.41 Å². The Hall–Kier alpha value is -1.18. The van der Waals surface area contributed by atoms with Crippen LogP contribution in [0, 0.1) is 5.41 Å². The maximum Gasteiger partial charge on any atom is 0.305 e. The molecule has 0 aliphatic heterocycles. The predicted molar refractivity (Wildman–Crippen MR) is 83.6 cm³/mol. The summed E-state index contributed by atoms with van der Waals surface area (Å²) in [6, 6.07) is 0. The normalized spacial score (nSPS) is 16.3. The Kier molecular flexibility index (Phi) is 10.8. The lowest BCUT2D eigenvalue weighted by Gasteiger charge is -2.29. The molecule has 0 spiro atoms. The maximum absolute atomic E-state index is 11.6. The van der Waals surface area contributed by atoms with Crippen molar-refractivity contribution < 1.29 is 34.4 Å². The highest BCUT2D eigenvalue weighted by atomic mass is 16.5. The van der Waals surface area contributed by atoms with Gasteiger partial charge in [0.15, 0.2) is 0 Å². The Balaban J connectivity index is 4.33. The molecule has 0 fully saturated rings. The van der Waals surface area contributed by atoms with E-state index in [0.29, 0.717) is 19.3 Å². The summed E-state index contributed by atoms with van der Waals surface area (Å²) in [5, 5.41) is 27.8. The van der Waals surface area contributed by atoms with Crippen LogP contribution in [0.15, 0.2) is 0 Å². The molecule has 2 unspecified atom stereocenters. The third-order valence-electron chi connectivity index (χ3n) is 3.70. The Morgan fingerprint density at radius 3 is 1.61 bits per heavy atom. The molecule has 0 saturated heterocycles. The molecule has 0 aromatic carbocycles. The van der Waals surface area contributed by atoms with Crippen LogP contribution in [0.5, 0.6) is 0 Å². The summed E-state index contributed by atoms with van der Waals surface area (Å²) in [6.07, 6.45) is 0.124. The molecule has 7 nitrogen and oxygen atoms in total. The minimum atomic E-state index is -0.832. The number of ether oxygens (including phenoxy) is 2. The molecule has 0 radical (unpaired) electrons. The number of carbonyl (C=O) groups is 2. The van der Waals surface area contributed by atoms with Crippen LogP contribution < -0.4 is 0 Å². The maximum atomic E-state index is 11.6. The quantitative estimate of drug-likeness (QED) is 0.452. The first-order chi connectivity index (χ1) is 10.7. The van der Waals surface area contributed by atoms with Crippen molar-refractivity contribution >= 4 is 11.9 Å². The molecule has 0 aliphatic carbocycles. The van der Waals surface area contributed by atoms with Gasteiger partial charge in [-0.05, 0) is 33.1 Å². The first-order valence-electron chi connectivity index (χ1n) is 8.03. The molecule has 0 aliphatic rings. The SMILES string of the molecule is CCC(CO)(COC(=O)CCC(C)O)COC(=O)CCC(C)O. The standard InChI is InChI=1S/C16H30O7/c1-4-16(9-17,10-22-14(20)7-5-12(2)18)11-23-15(21)8-6-13(3)19/h12-13,17-19H,4-11H2,1-3H3. The lowest BCUT2D eigenvalue weighted by atomic mass is 9.88. The van der Waals surface area contributed by atoms with Gasteiger partial charge >= 0.3 is 11.9 Å². The summed E-state index contributed by atoms with van der Waals surface area (Å²) in [5.74, 6) is -0.921. The molecule has 136 valence electrons. The average molecular weight is 334 g/mol. The molecule has 0 bridgehead atoms. The topological polar surface area (TPSA) is 113 Å². The first kappa shape index (κ1) is 21.8. The van der Waals surface area contributed by atoms with Crippen molar-refractivity contribution in [1.29, 1.82) is 0 Å². The van der Waals surface area contributed by atoms with E-state index in [9.17, 15) is 14.7 Å². The van der Waals surface area contributed by atoms with Gasteiger partial charge in [-0.15, -0.1) is 0 Å². The lowest BCUT2D eigenvalue weighted by molar-refractivity contribution is -0.157. The number of aliphatic hydroxyl groups is 3. The molecule has 0 rings (SSSR count). The molecular formula is C16H30O7. The second kappa shape index (κ2) is 11.4. The second-order valence-electron chi connectivity index (χ2n) is 6.11. The third kappa shape index (κ3) is 10.3. The fourth-order valence-electron chi connectivity index (χ4n) is 1.71. The summed E-state index contributed by atoms with van der Waals surface area (Å²) in [4.78, 5) is 23.2. The fraction of sp³-hybridized carbons (Fsp3) is 0.875. The van der Waals surface area contributed by atoms with Crippen LogP contribution in [0.2, 0.25) is 0 Å². The van der Waals surface area contributed by atoms with E-state index in [4.69, 9.17) is 19.7 Å². The summed E-state index contributed by atoms with van der Waals surface area (Å²) in [7, 11) is 0. The van der Waals surface area contributed by atoms with E-state index in [-0.39, 0.29) is 32.7 Å². The Labute approximate surface area is 137 Å². The number of hydrogen-bond acceptors (Lipinski definition) is 7. The highest BCUT2D eigenvalue weighted by Gasteiger charge is 2.31. The largest absolute Gasteiger partial charge is 0.465 e. The highest BCUT2D eigenvalue weighted by molar-refractivity contribution is 5.70. The molecule has 7 heteroatoms. The van der Waals surface area contributed by atoms with E-state index in [1.54, 1.807) is 13.8 Å². The average Bonchev–Trinajstić information content (AvgIpc) is 2.51. The van der Waals surface area contributed by atoms with Crippen LogP contribution in [-0.4, -0.2) is 59.3 Å². The van der Waals surface area contributed by atoms with Gasteiger partial charge in [-0.2, -0.15) is 0 Å². The number of hydrogen-bond donors (Lipinski definition) is 3. The van der Waals surface area contributed by atoms with Crippen molar-refractivity contribution in [2.45, 2.75) is 65.1 Å². The number of carbonyl (C=O) groups excluding carboxylic acids is 2.